The van der Waals surface area contributed by atoms with E-state index in [0.29, 0.717) is 0 Å². The molecule has 0 aliphatic carbocycles. The highest BCUT2D eigenvalue weighted by Gasteiger charge is 2.35. The van der Waals surface area contributed by atoms with Crippen molar-refractivity contribution in [3.63, 3.8) is 0 Å². The molecule has 0 bridgehead atoms. The van der Waals surface area contributed by atoms with Crippen LogP contribution in [0.3, 0.4) is 0 Å². The third-order valence-corrected chi connectivity index (χ3v) is 5.48. The van der Waals surface area contributed by atoms with Crippen LogP contribution >= 0.6 is 11.3 Å². The molecular weight excluding hydrogens is 290 g/mol. The van der Waals surface area contributed by atoms with E-state index in [9.17, 15) is 0 Å². The van der Waals surface area contributed by atoms with E-state index in [0.717, 1.165) is 31.5 Å². The van der Waals surface area contributed by atoms with Crippen LogP contribution in [0, 0.1) is 0 Å². The van der Waals surface area contributed by atoms with Gasteiger partial charge in [-0.15, -0.1) is 0 Å². The van der Waals surface area contributed by atoms with Gasteiger partial charge in [0.15, 0.2) is 0 Å². The highest BCUT2D eigenvalue weighted by atomic mass is 32.1. The first-order valence-electron chi connectivity index (χ1n) is 7.72. The molecule has 1 saturated heterocycles. The largest absolute Gasteiger partial charge is 0.317 e. The predicted octanol–water partition coefficient (Wildman–Crippen LogP) is 3.81. The Hall–Kier alpha value is -1.91. The molecular formula is C18H19N3S. The number of rotatable bonds is 3. The molecule has 3 aromatic rings. The smallest absolute Gasteiger partial charge is 0.0565 e. The van der Waals surface area contributed by atoms with Crippen molar-refractivity contribution in [2.24, 2.45) is 0 Å². The first-order chi connectivity index (χ1) is 10.9. The van der Waals surface area contributed by atoms with Crippen LogP contribution in [0.5, 0.6) is 0 Å². The van der Waals surface area contributed by atoms with E-state index in [1.54, 1.807) is 11.3 Å². The van der Waals surface area contributed by atoms with Gasteiger partial charge < -0.3 is 5.32 Å². The second-order valence-corrected chi connectivity index (χ2v) is 6.69. The van der Waals surface area contributed by atoms with Gasteiger partial charge in [-0.05, 0) is 59.4 Å². The number of hydrogen-bond donors (Lipinski definition) is 2. The van der Waals surface area contributed by atoms with Crippen molar-refractivity contribution in [2.75, 3.05) is 13.1 Å². The van der Waals surface area contributed by atoms with Crippen molar-refractivity contribution in [2.45, 2.75) is 18.3 Å². The van der Waals surface area contributed by atoms with Gasteiger partial charge in [0.2, 0.25) is 0 Å². The third-order valence-electron chi connectivity index (χ3n) is 4.80. The second kappa shape index (κ2) is 5.71. The summed E-state index contributed by atoms with van der Waals surface area (Å²) in [5, 5.41) is 14.9. The quantitative estimate of drug-likeness (QED) is 0.772. The monoisotopic (exact) mass is 309 g/mol. The maximum Gasteiger partial charge on any atom is 0.0565 e. The Morgan fingerprint density at radius 3 is 2.41 bits per heavy atom. The molecule has 0 amide bonds. The maximum absolute atomic E-state index is 4.03. The molecule has 3 nitrogen and oxygen atoms in total. The molecule has 3 heterocycles. The van der Waals surface area contributed by atoms with Gasteiger partial charge in [-0.2, -0.15) is 16.4 Å². The predicted molar refractivity (Wildman–Crippen MR) is 91.2 cm³/mol. The highest BCUT2D eigenvalue weighted by Crippen LogP contribution is 2.41. The van der Waals surface area contributed by atoms with E-state index in [-0.39, 0.29) is 5.41 Å². The summed E-state index contributed by atoms with van der Waals surface area (Å²) in [6, 6.07) is 11.3. The van der Waals surface area contributed by atoms with Gasteiger partial charge in [-0.3, -0.25) is 5.10 Å². The van der Waals surface area contributed by atoms with Gasteiger partial charge in [0, 0.05) is 17.2 Å². The van der Waals surface area contributed by atoms with Crippen LogP contribution in [0.4, 0.5) is 0 Å². The fraction of sp³-hybridized carbons (Fsp3) is 0.278. The van der Waals surface area contributed by atoms with E-state index in [1.165, 1.54) is 16.7 Å². The van der Waals surface area contributed by atoms with Crippen molar-refractivity contribution in [1.82, 2.24) is 15.5 Å². The van der Waals surface area contributed by atoms with Gasteiger partial charge in [-0.25, -0.2) is 0 Å². The zero-order chi connectivity index (χ0) is 14.8. The lowest BCUT2D eigenvalue weighted by Gasteiger charge is -2.38. The molecule has 0 unspecified atom stereocenters. The summed E-state index contributed by atoms with van der Waals surface area (Å²) in [7, 11) is 0. The lowest BCUT2D eigenvalue weighted by molar-refractivity contribution is 0.363. The first kappa shape index (κ1) is 13.7. The molecule has 112 valence electrons. The minimum Gasteiger partial charge on any atom is -0.317 e. The van der Waals surface area contributed by atoms with Gasteiger partial charge in [0.05, 0.1) is 6.20 Å². The van der Waals surface area contributed by atoms with Gasteiger partial charge >= 0.3 is 0 Å². The molecule has 1 aliphatic rings. The van der Waals surface area contributed by atoms with Crippen LogP contribution < -0.4 is 5.32 Å². The first-order valence-corrected chi connectivity index (χ1v) is 8.66. The van der Waals surface area contributed by atoms with Crippen molar-refractivity contribution >= 4 is 11.3 Å². The lowest BCUT2D eigenvalue weighted by atomic mass is 9.69. The van der Waals surface area contributed by atoms with Crippen LogP contribution in [0.2, 0.25) is 0 Å². The average molecular weight is 309 g/mol. The Morgan fingerprint density at radius 1 is 0.955 bits per heavy atom. The molecule has 2 N–H and O–H groups in total. The normalized spacial score (nSPS) is 17.5. The molecule has 1 aromatic carbocycles. The summed E-state index contributed by atoms with van der Waals surface area (Å²) >= 11 is 1.79. The third kappa shape index (κ3) is 2.28. The Bertz CT molecular complexity index is 708. The summed E-state index contributed by atoms with van der Waals surface area (Å²) in [5.41, 5.74) is 5.42. The number of H-pyrrole nitrogens is 1. The molecule has 2 aromatic heterocycles. The molecule has 0 saturated carbocycles. The number of aromatic amines is 1. The van der Waals surface area contributed by atoms with Crippen molar-refractivity contribution in [3.8, 4) is 11.1 Å². The number of thiophene rings is 1. The van der Waals surface area contributed by atoms with Crippen LogP contribution in [-0.2, 0) is 5.41 Å². The molecule has 4 rings (SSSR count). The summed E-state index contributed by atoms with van der Waals surface area (Å²) < 4.78 is 0. The Morgan fingerprint density at radius 2 is 1.77 bits per heavy atom. The van der Waals surface area contributed by atoms with Crippen molar-refractivity contribution < 1.29 is 0 Å². The number of piperidine rings is 1. The van der Waals surface area contributed by atoms with E-state index in [2.05, 4.69) is 56.6 Å². The molecule has 22 heavy (non-hydrogen) atoms. The summed E-state index contributed by atoms with van der Waals surface area (Å²) in [4.78, 5) is 0. The minimum atomic E-state index is 0.167. The van der Waals surface area contributed by atoms with Crippen LogP contribution in [0.15, 0.2) is 53.5 Å². The maximum atomic E-state index is 4.03. The Kier molecular flexibility index (Phi) is 3.56. The minimum absolute atomic E-state index is 0.167. The molecule has 0 spiro atoms. The molecule has 1 fully saturated rings. The molecule has 0 atom stereocenters. The van der Waals surface area contributed by atoms with Crippen LogP contribution in [-0.4, -0.2) is 23.3 Å². The zero-order valence-electron chi connectivity index (χ0n) is 12.4. The molecule has 1 aliphatic heterocycles. The standard InChI is InChI=1S/C18H19N3S/c1-3-16(4-2-14(1)15-11-20-21-12-15)18(6-8-19-9-7-18)17-5-10-22-13-17/h1-5,10-13,19H,6-9H2,(H,20,21). The van der Waals surface area contributed by atoms with E-state index in [4.69, 9.17) is 0 Å². The SMILES string of the molecule is c1cc(C2(c3ccc(-c4cn[nH]c4)cc3)CCNCC2)cs1. The van der Waals surface area contributed by atoms with Gasteiger partial charge in [0.1, 0.15) is 0 Å². The number of hydrogen-bond acceptors (Lipinski definition) is 3. The number of nitrogens with zero attached hydrogens (tertiary/aromatic N) is 1. The Labute approximate surface area is 134 Å². The summed E-state index contributed by atoms with van der Waals surface area (Å²) in [5.74, 6) is 0. The number of benzene rings is 1. The topological polar surface area (TPSA) is 40.7 Å². The van der Waals surface area contributed by atoms with E-state index >= 15 is 0 Å². The molecule has 0 radical (unpaired) electrons. The summed E-state index contributed by atoms with van der Waals surface area (Å²) in [6.07, 6.45) is 6.13. The Balaban J connectivity index is 1.74. The summed E-state index contributed by atoms with van der Waals surface area (Å²) in [6.45, 7) is 2.17. The zero-order valence-corrected chi connectivity index (χ0v) is 13.2. The van der Waals surface area contributed by atoms with Crippen LogP contribution in [0.1, 0.15) is 24.0 Å². The number of nitrogens with one attached hydrogen (secondary N) is 2. The van der Waals surface area contributed by atoms with Gasteiger partial charge in [-0.1, -0.05) is 24.3 Å². The lowest BCUT2D eigenvalue weighted by Crippen LogP contribution is -2.40. The number of aromatic nitrogens is 2. The van der Waals surface area contributed by atoms with E-state index in [1.807, 2.05) is 12.4 Å². The fourth-order valence-electron chi connectivity index (χ4n) is 3.52. The van der Waals surface area contributed by atoms with Gasteiger partial charge in [0.25, 0.3) is 0 Å². The highest BCUT2D eigenvalue weighted by molar-refractivity contribution is 7.08. The van der Waals surface area contributed by atoms with Crippen LogP contribution in [0.25, 0.3) is 11.1 Å². The van der Waals surface area contributed by atoms with Crippen molar-refractivity contribution in [3.05, 3.63) is 64.6 Å². The van der Waals surface area contributed by atoms with E-state index < -0.39 is 0 Å². The fourth-order valence-corrected chi connectivity index (χ4v) is 4.28. The molecule has 4 heteroatoms. The van der Waals surface area contributed by atoms with Crippen molar-refractivity contribution in [1.29, 1.82) is 0 Å². The second-order valence-electron chi connectivity index (χ2n) is 5.91. The average Bonchev–Trinajstić information content (AvgIpc) is 3.29.